The SMILES string of the molecule is COc1ccc(-c2ccc(/C=N\NC(=O)CNC(=O)c3ccco3)o2)cc1Cl. The van der Waals surface area contributed by atoms with Gasteiger partial charge in [0.05, 0.1) is 31.2 Å². The number of ether oxygens (including phenoxy) is 1. The highest BCUT2D eigenvalue weighted by Crippen LogP contribution is 2.30. The van der Waals surface area contributed by atoms with Gasteiger partial charge >= 0.3 is 0 Å². The highest BCUT2D eigenvalue weighted by atomic mass is 35.5. The van der Waals surface area contributed by atoms with Gasteiger partial charge in [-0.3, -0.25) is 9.59 Å². The van der Waals surface area contributed by atoms with Gasteiger partial charge < -0.3 is 18.9 Å². The molecule has 3 aromatic rings. The molecule has 0 aliphatic heterocycles. The summed E-state index contributed by atoms with van der Waals surface area (Å²) in [6.07, 6.45) is 2.72. The van der Waals surface area contributed by atoms with E-state index in [1.165, 1.54) is 18.5 Å². The highest BCUT2D eigenvalue weighted by Gasteiger charge is 2.10. The number of furan rings is 2. The number of methoxy groups -OCH3 is 1. The largest absolute Gasteiger partial charge is 0.495 e. The first kappa shape index (κ1) is 19.2. The van der Waals surface area contributed by atoms with Crippen LogP contribution >= 0.6 is 11.6 Å². The number of carbonyl (C=O) groups excluding carboxylic acids is 2. The molecule has 0 aliphatic carbocycles. The molecule has 28 heavy (non-hydrogen) atoms. The lowest BCUT2D eigenvalue weighted by molar-refractivity contribution is -0.120. The minimum atomic E-state index is -0.495. The molecule has 2 amide bonds. The van der Waals surface area contributed by atoms with E-state index >= 15 is 0 Å². The lowest BCUT2D eigenvalue weighted by atomic mass is 10.2. The van der Waals surface area contributed by atoms with Gasteiger partial charge in [0.2, 0.25) is 0 Å². The first-order valence-electron chi connectivity index (χ1n) is 8.14. The Balaban J connectivity index is 1.52. The predicted molar refractivity (Wildman–Crippen MR) is 102 cm³/mol. The summed E-state index contributed by atoms with van der Waals surface area (Å²) in [5.74, 6) is 0.728. The van der Waals surface area contributed by atoms with Crippen LogP contribution in [0.2, 0.25) is 5.02 Å². The summed E-state index contributed by atoms with van der Waals surface area (Å²) in [5, 5.41) is 6.67. The van der Waals surface area contributed by atoms with Crippen molar-refractivity contribution in [2.75, 3.05) is 13.7 Å². The Morgan fingerprint density at radius 3 is 2.82 bits per heavy atom. The van der Waals surface area contributed by atoms with Gasteiger partial charge in [0.15, 0.2) is 5.76 Å². The summed E-state index contributed by atoms with van der Waals surface area (Å²) in [7, 11) is 1.54. The second kappa shape index (κ2) is 8.92. The van der Waals surface area contributed by atoms with Crippen LogP contribution in [0.4, 0.5) is 0 Å². The third kappa shape index (κ3) is 4.80. The number of amides is 2. The van der Waals surface area contributed by atoms with E-state index in [4.69, 9.17) is 25.2 Å². The Morgan fingerprint density at radius 2 is 2.11 bits per heavy atom. The molecule has 144 valence electrons. The van der Waals surface area contributed by atoms with E-state index in [1.54, 1.807) is 37.4 Å². The van der Waals surface area contributed by atoms with E-state index in [0.29, 0.717) is 22.3 Å². The van der Waals surface area contributed by atoms with Gasteiger partial charge in [0, 0.05) is 5.56 Å². The average molecular weight is 402 g/mol. The molecule has 0 fully saturated rings. The van der Waals surface area contributed by atoms with Gasteiger partial charge in [-0.25, -0.2) is 5.43 Å². The zero-order valence-corrected chi connectivity index (χ0v) is 15.5. The van der Waals surface area contributed by atoms with E-state index < -0.39 is 11.8 Å². The molecule has 1 aromatic carbocycles. The summed E-state index contributed by atoms with van der Waals surface area (Å²) in [6.45, 7) is -0.245. The second-order valence-electron chi connectivity index (χ2n) is 5.50. The monoisotopic (exact) mass is 401 g/mol. The Morgan fingerprint density at radius 1 is 1.25 bits per heavy atom. The number of hydrazone groups is 1. The van der Waals surface area contributed by atoms with Gasteiger partial charge in [0.1, 0.15) is 17.3 Å². The molecule has 0 atom stereocenters. The Hall–Kier alpha value is -3.52. The molecule has 0 radical (unpaired) electrons. The number of hydrogen-bond acceptors (Lipinski definition) is 6. The fourth-order valence-electron chi connectivity index (χ4n) is 2.26. The fourth-order valence-corrected chi connectivity index (χ4v) is 2.52. The van der Waals surface area contributed by atoms with Crippen LogP contribution in [0.15, 0.2) is 62.7 Å². The van der Waals surface area contributed by atoms with Crippen LogP contribution in [0.5, 0.6) is 5.75 Å². The van der Waals surface area contributed by atoms with Crippen LogP contribution in [0, 0.1) is 0 Å². The van der Waals surface area contributed by atoms with Gasteiger partial charge in [-0.15, -0.1) is 0 Å². The first-order valence-corrected chi connectivity index (χ1v) is 8.52. The molecule has 2 aromatic heterocycles. The molecule has 9 heteroatoms. The van der Waals surface area contributed by atoms with Crippen molar-refractivity contribution in [2.45, 2.75) is 0 Å². The van der Waals surface area contributed by atoms with Crippen molar-refractivity contribution in [3.05, 3.63) is 65.3 Å². The number of nitrogens with one attached hydrogen (secondary N) is 2. The molecule has 3 rings (SSSR count). The number of hydrogen-bond donors (Lipinski definition) is 2. The molecule has 8 nitrogen and oxygen atoms in total. The number of rotatable bonds is 7. The minimum Gasteiger partial charge on any atom is -0.495 e. The normalized spacial score (nSPS) is 10.8. The maximum absolute atomic E-state index is 11.7. The summed E-state index contributed by atoms with van der Waals surface area (Å²) in [4.78, 5) is 23.4. The standard InChI is InChI=1S/C19H16ClN3O5/c1-26-16-6-4-12(9-14(16)20)15-7-5-13(28-15)10-22-23-18(24)11-21-19(25)17-3-2-8-27-17/h2-10H,11H2,1H3,(H,21,25)(H,23,24)/b22-10-. The van der Waals surface area contributed by atoms with E-state index in [1.807, 2.05) is 6.07 Å². The minimum absolute atomic E-state index is 0.123. The maximum atomic E-state index is 11.7. The van der Waals surface area contributed by atoms with Crippen LogP contribution in [0.1, 0.15) is 16.3 Å². The van der Waals surface area contributed by atoms with Gasteiger partial charge in [0.25, 0.3) is 11.8 Å². The van der Waals surface area contributed by atoms with Crippen molar-refractivity contribution >= 4 is 29.6 Å². The number of halogens is 1. The molecule has 0 saturated carbocycles. The van der Waals surface area contributed by atoms with Gasteiger partial charge in [-0.1, -0.05) is 11.6 Å². The van der Waals surface area contributed by atoms with Crippen molar-refractivity contribution in [3.63, 3.8) is 0 Å². The van der Waals surface area contributed by atoms with E-state index in [0.717, 1.165) is 5.56 Å². The number of benzene rings is 1. The Labute approximate surface area is 165 Å². The molecule has 2 N–H and O–H groups in total. The quantitative estimate of drug-likeness (QED) is 0.467. The van der Waals surface area contributed by atoms with Crippen molar-refractivity contribution in [1.82, 2.24) is 10.7 Å². The summed E-state index contributed by atoms with van der Waals surface area (Å²) < 4.78 is 15.7. The highest BCUT2D eigenvalue weighted by molar-refractivity contribution is 6.32. The van der Waals surface area contributed by atoms with Gasteiger partial charge in [-0.2, -0.15) is 5.10 Å². The van der Waals surface area contributed by atoms with E-state index in [-0.39, 0.29) is 12.3 Å². The van der Waals surface area contributed by atoms with Crippen molar-refractivity contribution in [3.8, 4) is 17.1 Å². The topological polar surface area (TPSA) is 106 Å². The molecule has 0 unspecified atom stereocenters. The molecular formula is C19H16ClN3O5. The maximum Gasteiger partial charge on any atom is 0.287 e. The first-order chi connectivity index (χ1) is 13.6. The third-order valence-electron chi connectivity index (χ3n) is 3.60. The third-order valence-corrected chi connectivity index (χ3v) is 3.89. The molecule has 0 bridgehead atoms. The Bertz CT molecular complexity index is 995. The summed E-state index contributed by atoms with van der Waals surface area (Å²) in [5.41, 5.74) is 3.07. The lowest BCUT2D eigenvalue weighted by Crippen LogP contribution is -2.34. The van der Waals surface area contributed by atoms with Gasteiger partial charge in [-0.05, 0) is 42.5 Å². The van der Waals surface area contributed by atoms with Crippen LogP contribution in [0.3, 0.4) is 0 Å². The van der Waals surface area contributed by atoms with Crippen molar-refractivity contribution in [2.24, 2.45) is 5.10 Å². The van der Waals surface area contributed by atoms with Crippen molar-refractivity contribution in [1.29, 1.82) is 0 Å². The molecular weight excluding hydrogens is 386 g/mol. The summed E-state index contributed by atoms with van der Waals surface area (Å²) in [6, 6.07) is 11.8. The van der Waals surface area contributed by atoms with Crippen LogP contribution in [0.25, 0.3) is 11.3 Å². The van der Waals surface area contributed by atoms with Crippen LogP contribution in [-0.4, -0.2) is 31.7 Å². The zero-order chi connectivity index (χ0) is 19.9. The zero-order valence-electron chi connectivity index (χ0n) is 14.8. The predicted octanol–water partition coefficient (Wildman–Crippen LogP) is 3.08. The average Bonchev–Trinajstić information content (AvgIpc) is 3.38. The molecule has 0 aliphatic rings. The summed E-state index contributed by atoms with van der Waals surface area (Å²) >= 11 is 6.11. The van der Waals surface area contributed by atoms with E-state index in [2.05, 4.69) is 15.8 Å². The van der Waals surface area contributed by atoms with Crippen LogP contribution in [-0.2, 0) is 4.79 Å². The second-order valence-corrected chi connectivity index (χ2v) is 5.91. The van der Waals surface area contributed by atoms with Crippen LogP contribution < -0.4 is 15.5 Å². The van der Waals surface area contributed by atoms with E-state index in [9.17, 15) is 9.59 Å². The molecule has 2 heterocycles. The smallest absolute Gasteiger partial charge is 0.287 e. The number of carbonyl (C=O) groups is 2. The fraction of sp³-hybridized carbons (Fsp3) is 0.105. The number of nitrogens with zero attached hydrogens (tertiary/aromatic N) is 1. The van der Waals surface area contributed by atoms with Crippen molar-refractivity contribution < 1.29 is 23.2 Å². The molecule has 0 saturated heterocycles. The Kier molecular flexibility index (Phi) is 6.13. The lowest BCUT2D eigenvalue weighted by Gasteiger charge is -2.04. The molecule has 0 spiro atoms.